The maximum atomic E-state index is 13.4. The van der Waals surface area contributed by atoms with Crippen LogP contribution in [0.25, 0.3) is 10.1 Å². The number of amides is 1. The summed E-state index contributed by atoms with van der Waals surface area (Å²) in [5, 5.41) is 1.51. The van der Waals surface area contributed by atoms with Gasteiger partial charge in [-0.2, -0.15) is 0 Å². The summed E-state index contributed by atoms with van der Waals surface area (Å²) in [6.07, 6.45) is 3.58. The number of halogens is 1. The van der Waals surface area contributed by atoms with Crippen molar-refractivity contribution in [3.63, 3.8) is 0 Å². The predicted octanol–water partition coefficient (Wildman–Crippen LogP) is 4.88. The molecule has 3 heterocycles. The quantitative estimate of drug-likeness (QED) is 0.638. The van der Waals surface area contributed by atoms with E-state index in [2.05, 4.69) is 11.9 Å². The summed E-state index contributed by atoms with van der Waals surface area (Å²) in [7, 11) is 2.12. The Morgan fingerprint density at radius 1 is 1.27 bits per heavy atom. The van der Waals surface area contributed by atoms with Crippen molar-refractivity contribution in [2.24, 2.45) is 0 Å². The highest BCUT2D eigenvalue weighted by Crippen LogP contribution is 2.37. The Balaban J connectivity index is 1.67. The lowest BCUT2D eigenvalue weighted by molar-refractivity contribution is 0.0556. The van der Waals surface area contributed by atoms with Crippen LogP contribution in [0.4, 0.5) is 0 Å². The molecular formula is C20H21ClN2O2S. The van der Waals surface area contributed by atoms with Crippen LogP contribution in [0.15, 0.2) is 47.1 Å². The summed E-state index contributed by atoms with van der Waals surface area (Å²) in [5.74, 6) is 0.802. The third-order valence-corrected chi connectivity index (χ3v) is 6.69. The van der Waals surface area contributed by atoms with Gasteiger partial charge in [-0.1, -0.05) is 29.8 Å². The lowest BCUT2D eigenvalue weighted by atomic mass is 10.0. The van der Waals surface area contributed by atoms with Gasteiger partial charge in [0, 0.05) is 16.1 Å². The van der Waals surface area contributed by atoms with Crippen molar-refractivity contribution in [1.29, 1.82) is 0 Å². The summed E-state index contributed by atoms with van der Waals surface area (Å²) < 4.78 is 6.56. The molecule has 1 amide bonds. The normalized spacial score (nSPS) is 16.2. The molecular weight excluding hydrogens is 368 g/mol. The van der Waals surface area contributed by atoms with Crippen molar-refractivity contribution < 1.29 is 9.21 Å². The van der Waals surface area contributed by atoms with Crippen molar-refractivity contribution in [1.82, 2.24) is 9.80 Å². The van der Waals surface area contributed by atoms with Gasteiger partial charge in [0.1, 0.15) is 10.6 Å². The molecule has 0 N–H and O–H groups in total. The minimum absolute atomic E-state index is 0.00199. The molecule has 0 saturated carbocycles. The third kappa shape index (κ3) is 3.39. The molecule has 0 atom stereocenters. The summed E-state index contributed by atoms with van der Waals surface area (Å²) in [4.78, 5) is 18.3. The Hall–Kier alpha value is -1.82. The Morgan fingerprint density at radius 2 is 2.04 bits per heavy atom. The number of carbonyl (C=O) groups excluding carboxylic acids is 1. The number of thiophene rings is 1. The van der Waals surface area contributed by atoms with Crippen LogP contribution in [0, 0.1) is 0 Å². The van der Waals surface area contributed by atoms with E-state index in [1.807, 2.05) is 41.3 Å². The molecule has 0 spiro atoms. The van der Waals surface area contributed by atoms with Gasteiger partial charge >= 0.3 is 0 Å². The van der Waals surface area contributed by atoms with Crippen molar-refractivity contribution >= 4 is 38.9 Å². The number of fused-ring (bicyclic) bond motifs is 1. The molecule has 6 heteroatoms. The molecule has 3 aromatic rings. The highest BCUT2D eigenvalue weighted by Gasteiger charge is 2.31. The van der Waals surface area contributed by atoms with Crippen LogP contribution < -0.4 is 0 Å². The van der Waals surface area contributed by atoms with Crippen molar-refractivity contribution in [2.75, 3.05) is 20.1 Å². The lowest BCUT2D eigenvalue weighted by Crippen LogP contribution is -2.46. The monoisotopic (exact) mass is 388 g/mol. The van der Waals surface area contributed by atoms with Crippen LogP contribution in [0.5, 0.6) is 0 Å². The van der Waals surface area contributed by atoms with Crippen molar-refractivity contribution in [2.45, 2.75) is 25.4 Å². The fourth-order valence-corrected chi connectivity index (χ4v) is 4.99. The molecule has 26 heavy (non-hydrogen) atoms. The molecule has 2 aromatic heterocycles. The van der Waals surface area contributed by atoms with Gasteiger partial charge in [-0.05, 0) is 51.2 Å². The first-order chi connectivity index (χ1) is 12.6. The summed E-state index contributed by atoms with van der Waals surface area (Å²) in [5.41, 5.74) is 0. The molecule has 0 unspecified atom stereocenters. The first-order valence-electron chi connectivity index (χ1n) is 8.82. The first kappa shape index (κ1) is 17.6. The molecule has 1 fully saturated rings. The third-order valence-electron chi connectivity index (χ3n) is 5.03. The number of piperidine rings is 1. The average molecular weight is 389 g/mol. The standard InChI is InChI=1S/C20H21ClN2O2S/c1-22-10-8-14(9-11-22)23(13-15-5-4-12-25-15)20(24)19-18(21)16-6-2-3-7-17(16)26-19/h2-7,12,14H,8-11,13H2,1H3. The Morgan fingerprint density at radius 3 is 2.73 bits per heavy atom. The number of likely N-dealkylation sites (tertiary alicyclic amines) is 1. The number of rotatable bonds is 4. The Bertz CT molecular complexity index is 898. The number of carbonyl (C=O) groups is 1. The van der Waals surface area contributed by atoms with E-state index in [1.54, 1.807) is 6.26 Å². The predicted molar refractivity (Wildman–Crippen MR) is 106 cm³/mol. The summed E-state index contributed by atoms with van der Waals surface area (Å²) in [6.45, 7) is 2.46. The number of hydrogen-bond donors (Lipinski definition) is 0. The second-order valence-electron chi connectivity index (χ2n) is 6.79. The fourth-order valence-electron chi connectivity index (χ4n) is 3.53. The van der Waals surface area contributed by atoms with Crippen LogP contribution in [-0.4, -0.2) is 41.9 Å². The zero-order valence-corrected chi connectivity index (χ0v) is 16.2. The second kappa shape index (κ2) is 7.43. The Kier molecular flexibility index (Phi) is 5.02. The van der Waals surface area contributed by atoms with Crippen molar-refractivity contribution in [3.05, 3.63) is 58.3 Å². The number of benzene rings is 1. The van der Waals surface area contributed by atoms with Gasteiger partial charge in [-0.25, -0.2) is 0 Å². The zero-order valence-electron chi connectivity index (χ0n) is 14.7. The van der Waals surface area contributed by atoms with Gasteiger partial charge in [0.25, 0.3) is 5.91 Å². The molecule has 1 saturated heterocycles. The number of furan rings is 1. The molecule has 1 aromatic carbocycles. The second-order valence-corrected chi connectivity index (χ2v) is 8.22. The average Bonchev–Trinajstić information content (AvgIpc) is 3.28. The summed E-state index contributed by atoms with van der Waals surface area (Å²) >= 11 is 8.04. The minimum atomic E-state index is 0.00199. The van der Waals surface area contributed by atoms with Crippen LogP contribution in [0.3, 0.4) is 0 Å². The van der Waals surface area contributed by atoms with E-state index in [0.29, 0.717) is 16.4 Å². The highest BCUT2D eigenvalue weighted by molar-refractivity contribution is 7.21. The largest absolute Gasteiger partial charge is 0.467 e. The zero-order chi connectivity index (χ0) is 18.1. The fraction of sp³-hybridized carbons (Fsp3) is 0.350. The van der Waals surface area contributed by atoms with Crippen LogP contribution >= 0.6 is 22.9 Å². The number of nitrogens with zero attached hydrogens (tertiary/aromatic N) is 2. The van der Waals surface area contributed by atoms with Gasteiger partial charge < -0.3 is 14.2 Å². The van der Waals surface area contributed by atoms with Crippen LogP contribution in [0.1, 0.15) is 28.3 Å². The van der Waals surface area contributed by atoms with Crippen LogP contribution in [-0.2, 0) is 6.54 Å². The van der Waals surface area contributed by atoms with Crippen LogP contribution in [0.2, 0.25) is 5.02 Å². The molecule has 136 valence electrons. The van der Waals surface area contributed by atoms with E-state index in [-0.39, 0.29) is 11.9 Å². The molecule has 0 radical (unpaired) electrons. The van der Waals surface area contributed by atoms with Gasteiger partial charge in [-0.3, -0.25) is 4.79 Å². The summed E-state index contributed by atoms with van der Waals surface area (Å²) in [6, 6.07) is 11.9. The van der Waals surface area contributed by atoms with E-state index >= 15 is 0 Å². The van der Waals surface area contributed by atoms with Gasteiger partial charge in [0.15, 0.2) is 0 Å². The van der Waals surface area contributed by atoms with E-state index in [9.17, 15) is 4.79 Å². The topological polar surface area (TPSA) is 36.7 Å². The molecule has 0 bridgehead atoms. The minimum Gasteiger partial charge on any atom is -0.467 e. The van der Waals surface area contributed by atoms with Gasteiger partial charge in [0.05, 0.1) is 17.8 Å². The first-order valence-corrected chi connectivity index (χ1v) is 10.0. The smallest absolute Gasteiger partial charge is 0.266 e. The molecule has 1 aliphatic rings. The molecule has 1 aliphatic heterocycles. The molecule has 0 aliphatic carbocycles. The van der Waals surface area contributed by atoms with E-state index in [4.69, 9.17) is 16.0 Å². The lowest BCUT2D eigenvalue weighted by Gasteiger charge is -2.36. The Labute approximate surface area is 162 Å². The van der Waals surface area contributed by atoms with Gasteiger partial charge in [0.2, 0.25) is 0 Å². The SMILES string of the molecule is CN1CCC(N(Cc2ccco2)C(=O)c2sc3ccccc3c2Cl)CC1. The van der Waals surface area contributed by atoms with Crippen molar-refractivity contribution in [3.8, 4) is 0 Å². The van der Waals surface area contributed by atoms with E-state index in [1.165, 1.54) is 11.3 Å². The highest BCUT2D eigenvalue weighted by atomic mass is 35.5. The maximum Gasteiger partial charge on any atom is 0.266 e. The molecule has 4 rings (SSSR count). The van der Waals surface area contributed by atoms with E-state index in [0.717, 1.165) is 41.8 Å². The van der Waals surface area contributed by atoms with E-state index < -0.39 is 0 Å². The van der Waals surface area contributed by atoms with Gasteiger partial charge in [-0.15, -0.1) is 11.3 Å². The molecule has 4 nitrogen and oxygen atoms in total. The maximum absolute atomic E-state index is 13.4. The number of hydrogen-bond acceptors (Lipinski definition) is 4.